The van der Waals surface area contributed by atoms with Crippen LogP contribution in [0.25, 0.3) is 11.4 Å². The molecule has 1 aromatic carbocycles. The van der Waals surface area contributed by atoms with Gasteiger partial charge in [-0.25, -0.2) is 4.98 Å². The zero-order chi connectivity index (χ0) is 15.5. The standard InChI is InChI=1S/C15H16N4O2S/c1-9-8-16-14(22-9)10(2)17-15-18-13(19-21-15)11-5-4-6-12(7-11)20-3/h4-8,10H,1-3H3,(H,17,18,19). The van der Waals surface area contributed by atoms with Crippen LogP contribution in [0.4, 0.5) is 6.01 Å². The summed E-state index contributed by atoms with van der Waals surface area (Å²) >= 11 is 1.64. The molecule has 2 aromatic heterocycles. The van der Waals surface area contributed by atoms with Gasteiger partial charge < -0.3 is 14.6 Å². The smallest absolute Gasteiger partial charge is 0.322 e. The third-order valence-corrected chi connectivity index (χ3v) is 4.20. The second-order valence-corrected chi connectivity index (χ2v) is 6.10. The third-order valence-electron chi connectivity index (χ3n) is 3.10. The van der Waals surface area contributed by atoms with Crippen LogP contribution in [0.3, 0.4) is 0 Å². The second kappa shape index (κ2) is 6.15. The lowest BCUT2D eigenvalue weighted by molar-refractivity contribution is 0.414. The molecule has 7 heteroatoms. The van der Waals surface area contributed by atoms with Gasteiger partial charge in [-0.2, -0.15) is 4.98 Å². The number of ether oxygens (including phenoxy) is 1. The van der Waals surface area contributed by atoms with E-state index >= 15 is 0 Å². The number of hydrogen-bond donors (Lipinski definition) is 1. The van der Waals surface area contributed by atoms with Gasteiger partial charge in [0.05, 0.1) is 13.2 Å². The van der Waals surface area contributed by atoms with E-state index < -0.39 is 0 Å². The lowest BCUT2D eigenvalue weighted by atomic mass is 10.2. The third kappa shape index (κ3) is 3.09. The Morgan fingerprint density at radius 3 is 2.95 bits per heavy atom. The fraction of sp³-hybridized carbons (Fsp3) is 0.267. The number of benzene rings is 1. The van der Waals surface area contributed by atoms with E-state index in [0.717, 1.165) is 16.3 Å². The highest BCUT2D eigenvalue weighted by molar-refractivity contribution is 7.11. The molecule has 3 rings (SSSR count). The molecule has 1 unspecified atom stereocenters. The minimum atomic E-state index is 0.0114. The molecule has 0 aliphatic rings. The number of aryl methyl sites for hydroxylation is 1. The van der Waals surface area contributed by atoms with E-state index in [2.05, 4.69) is 20.4 Å². The maximum atomic E-state index is 5.26. The van der Waals surface area contributed by atoms with Crippen molar-refractivity contribution >= 4 is 17.4 Å². The van der Waals surface area contributed by atoms with Crippen LogP contribution in [-0.4, -0.2) is 22.2 Å². The highest BCUT2D eigenvalue weighted by Gasteiger charge is 2.14. The number of aromatic nitrogens is 3. The van der Waals surface area contributed by atoms with Gasteiger partial charge in [-0.3, -0.25) is 0 Å². The van der Waals surface area contributed by atoms with Gasteiger partial charge in [0.25, 0.3) is 0 Å². The number of nitrogens with one attached hydrogen (secondary N) is 1. The van der Waals surface area contributed by atoms with Crippen molar-refractivity contribution in [2.24, 2.45) is 0 Å². The van der Waals surface area contributed by atoms with Crippen molar-refractivity contribution in [3.8, 4) is 17.1 Å². The van der Waals surface area contributed by atoms with Gasteiger partial charge in [-0.1, -0.05) is 17.3 Å². The summed E-state index contributed by atoms with van der Waals surface area (Å²) in [4.78, 5) is 9.88. The van der Waals surface area contributed by atoms with Gasteiger partial charge in [0.15, 0.2) is 0 Å². The molecule has 0 fully saturated rings. The molecular weight excluding hydrogens is 300 g/mol. The van der Waals surface area contributed by atoms with Crippen molar-refractivity contribution in [2.45, 2.75) is 19.9 Å². The molecular formula is C15H16N4O2S. The number of anilines is 1. The van der Waals surface area contributed by atoms with E-state index in [-0.39, 0.29) is 6.04 Å². The van der Waals surface area contributed by atoms with Crippen LogP contribution in [0, 0.1) is 6.92 Å². The fourth-order valence-electron chi connectivity index (χ4n) is 1.98. The van der Waals surface area contributed by atoms with Gasteiger partial charge in [0, 0.05) is 16.6 Å². The van der Waals surface area contributed by atoms with Crippen LogP contribution in [-0.2, 0) is 0 Å². The summed E-state index contributed by atoms with van der Waals surface area (Å²) in [7, 11) is 1.63. The molecule has 0 spiro atoms. The molecule has 0 aliphatic heterocycles. The topological polar surface area (TPSA) is 73.1 Å². The Morgan fingerprint density at radius 2 is 2.23 bits per heavy atom. The molecule has 3 aromatic rings. The zero-order valence-corrected chi connectivity index (χ0v) is 13.3. The summed E-state index contributed by atoms with van der Waals surface area (Å²) in [5.74, 6) is 1.27. The number of hydrogen-bond acceptors (Lipinski definition) is 7. The first kappa shape index (κ1) is 14.5. The first-order valence-corrected chi connectivity index (χ1v) is 7.64. The molecule has 2 heterocycles. The fourth-order valence-corrected chi connectivity index (χ4v) is 2.76. The van der Waals surface area contributed by atoms with Crippen LogP contribution in [0.2, 0.25) is 0 Å². The predicted octanol–water partition coefficient (Wildman–Crippen LogP) is 3.68. The van der Waals surface area contributed by atoms with Crippen LogP contribution in [0.15, 0.2) is 35.0 Å². The summed E-state index contributed by atoms with van der Waals surface area (Å²) in [5, 5.41) is 8.14. The van der Waals surface area contributed by atoms with Crippen molar-refractivity contribution < 1.29 is 9.26 Å². The van der Waals surface area contributed by atoms with Crippen molar-refractivity contribution in [1.29, 1.82) is 0 Å². The first-order chi connectivity index (χ1) is 10.7. The summed E-state index contributed by atoms with van der Waals surface area (Å²) in [6.07, 6.45) is 1.85. The largest absolute Gasteiger partial charge is 0.497 e. The minimum absolute atomic E-state index is 0.0114. The molecule has 0 saturated carbocycles. The molecule has 0 bridgehead atoms. The summed E-state index contributed by atoms with van der Waals surface area (Å²) in [6, 6.07) is 7.91. The Hall–Kier alpha value is -2.41. The molecule has 6 nitrogen and oxygen atoms in total. The number of thiazole rings is 1. The maximum absolute atomic E-state index is 5.26. The molecule has 1 atom stereocenters. The van der Waals surface area contributed by atoms with Gasteiger partial charge in [-0.15, -0.1) is 11.3 Å². The molecule has 1 N–H and O–H groups in total. The molecule has 22 heavy (non-hydrogen) atoms. The molecule has 0 amide bonds. The Labute approximate surface area is 132 Å². The van der Waals surface area contributed by atoms with Crippen LogP contribution < -0.4 is 10.1 Å². The Bertz CT molecular complexity index is 768. The van der Waals surface area contributed by atoms with Crippen LogP contribution in [0.1, 0.15) is 22.9 Å². The van der Waals surface area contributed by atoms with E-state index in [1.165, 1.54) is 4.88 Å². The van der Waals surface area contributed by atoms with Crippen molar-refractivity contribution in [1.82, 2.24) is 15.1 Å². The van der Waals surface area contributed by atoms with Crippen molar-refractivity contribution in [3.05, 3.63) is 40.3 Å². The molecule has 0 saturated heterocycles. The Kier molecular flexibility index (Phi) is 4.06. The molecule has 0 radical (unpaired) electrons. The van der Waals surface area contributed by atoms with Gasteiger partial charge in [-0.05, 0) is 26.0 Å². The molecule has 0 aliphatic carbocycles. The highest BCUT2D eigenvalue weighted by Crippen LogP contribution is 2.25. The minimum Gasteiger partial charge on any atom is -0.497 e. The van der Waals surface area contributed by atoms with Crippen LogP contribution in [0.5, 0.6) is 5.75 Å². The average Bonchev–Trinajstić information content (AvgIpc) is 3.16. The average molecular weight is 316 g/mol. The monoisotopic (exact) mass is 316 g/mol. The summed E-state index contributed by atoms with van der Waals surface area (Å²) in [6.45, 7) is 4.04. The van der Waals surface area contributed by atoms with E-state index in [1.807, 2.05) is 44.3 Å². The highest BCUT2D eigenvalue weighted by atomic mass is 32.1. The summed E-state index contributed by atoms with van der Waals surface area (Å²) in [5.41, 5.74) is 0.842. The maximum Gasteiger partial charge on any atom is 0.322 e. The number of nitrogens with zero attached hydrogens (tertiary/aromatic N) is 3. The van der Waals surface area contributed by atoms with E-state index in [4.69, 9.17) is 9.26 Å². The first-order valence-electron chi connectivity index (χ1n) is 6.82. The normalized spacial score (nSPS) is 12.1. The van der Waals surface area contributed by atoms with Crippen molar-refractivity contribution in [3.63, 3.8) is 0 Å². The second-order valence-electron chi connectivity index (χ2n) is 4.83. The number of rotatable bonds is 5. The Balaban J connectivity index is 1.76. The predicted molar refractivity (Wildman–Crippen MR) is 85.2 cm³/mol. The lowest BCUT2D eigenvalue weighted by Gasteiger charge is -2.07. The number of methoxy groups -OCH3 is 1. The zero-order valence-electron chi connectivity index (χ0n) is 12.5. The lowest BCUT2D eigenvalue weighted by Crippen LogP contribution is -2.06. The van der Waals surface area contributed by atoms with Crippen LogP contribution >= 0.6 is 11.3 Å². The van der Waals surface area contributed by atoms with E-state index in [0.29, 0.717) is 11.8 Å². The van der Waals surface area contributed by atoms with E-state index in [1.54, 1.807) is 18.4 Å². The summed E-state index contributed by atoms with van der Waals surface area (Å²) < 4.78 is 10.5. The van der Waals surface area contributed by atoms with Crippen molar-refractivity contribution in [2.75, 3.05) is 12.4 Å². The van der Waals surface area contributed by atoms with Gasteiger partial charge >= 0.3 is 6.01 Å². The van der Waals surface area contributed by atoms with Gasteiger partial charge in [0.1, 0.15) is 10.8 Å². The quantitative estimate of drug-likeness (QED) is 0.774. The SMILES string of the molecule is COc1cccc(-c2noc(NC(C)c3ncc(C)s3)n2)c1. The molecule has 114 valence electrons. The van der Waals surface area contributed by atoms with Gasteiger partial charge in [0.2, 0.25) is 5.82 Å². The Morgan fingerprint density at radius 1 is 1.36 bits per heavy atom. The van der Waals surface area contributed by atoms with E-state index in [9.17, 15) is 0 Å².